The highest BCUT2D eigenvalue weighted by molar-refractivity contribution is 5.33. The molecule has 60 valence electrons. The van der Waals surface area contributed by atoms with Gasteiger partial charge in [0.05, 0.1) is 6.61 Å². The molecule has 1 aromatic rings. The maximum absolute atomic E-state index is 12.9. The monoisotopic (exact) mass is 154 g/mol. The fraction of sp³-hybridized carbons (Fsp3) is 0.333. The van der Waals surface area contributed by atoms with E-state index in [9.17, 15) is 4.39 Å². The topological polar surface area (TPSA) is 20.2 Å². The summed E-state index contributed by atoms with van der Waals surface area (Å²) in [5, 5.41) is 8.78. The minimum absolute atomic E-state index is 0.223. The highest BCUT2D eigenvalue weighted by Gasteiger charge is 2.05. The molecule has 0 aliphatic heterocycles. The van der Waals surface area contributed by atoms with Crippen LogP contribution >= 0.6 is 0 Å². The Morgan fingerprint density at radius 1 is 1.36 bits per heavy atom. The predicted molar refractivity (Wildman–Crippen MR) is 41.8 cm³/mol. The Morgan fingerprint density at radius 3 is 2.45 bits per heavy atom. The van der Waals surface area contributed by atoms with Gasteiger partial charge in [-0.2, -0.15) is 0 Å². The van der Waals surface area contributed by atoms with Crippen molar-refractivity contribution >= 4 is 0 Å². The van der Waals surface area contributed by atoms with Gasteiger partial charge in [0.1, 0.15) is 5.82 Å². The van der Waals surface area contributed by atoms with E-state index in [0.29, 0.717) is 5.56 Å². The molecular formula is C9H11FO. The van der Waals surface area contributed by atoms with Crippen LogP contribution in [0.3, 0.4) is 0 Å². The fourth-order valence-corrected chi connectivity index (χ4v) is 1.03. The number of aliphatic hydroxyl groups excluding tert-OH is 1. The smallest absolute Gasteiger partial charge is 0.128 e. The van der Waals surface area contributed by atoms with Crippen molar-refractivity contribution in [1.82, 2.24) is 0 Å². The van der Waals surface area contributed by atoms with Crippen molar-refractivity contribution in [2.75, 3.05) is 0 Å². The van der Waals surface area contributed by atoms with Crippen molar-refractivity contribution in [2.24, 2.45) is 0 Å². The van der Waals surface area contributed by atoms with Gasteiger partial charge in [-0.25, -0.2) is 4.39 Å². The van der Waals surface area contributed by atoms with E-state index in [4.69, 9.17) is 5.11 Å². The first-order chi connectivity index (χ1) is 5.16. The molecule has 1 N–H and O–H groups in total. The van der Waals surface area contributed by atoms with Crippen molar-refractivity contribution in [3.8, 4) is 0 Å². The Labute approximate surface area is 65.5 Å². The van der Waals surface area contributed by atoms with Gasteiger partial charge >= 0.3 is 0 Å². The highest BCUT2D eigenvalue weighted by Crippen LogP contribution is 2.16. The molecule has 0 aromatic heterocycles. The number of halogens is 1. The standard InChI is InChI=1S/C9H11FO/c1-6-3-4-9(10)8(5-11)7(6)2/h3-4,11H,5H2,1-2H3. The summed E-state index contributed by atoms with van der Waals surface area (Å²) < 4.78 is 12.9. The molecule has 0 unspecified atom stereocenters. The van der Waals surface area contributed by atoms with Gasteiger partial charge in [-0.3, -0.25) is 0 Å². The highest BCUT2D eigenvalue weighted by atomic mass is 19.1. The zero-order valence-electron chi connectivity index (χ0n) is 6.69. The third-order valence-electron chi connectivity index (χ3n) is 1.97. The molecule has 0 atom stereocenters. The molecule has 1 aromatic carbocycles. The van der Waals surface area contributed by atoms with E-state index < -0.39 is 0 Å². The molecule has 1 nitrogen and oxygen atoms in total. The molecule has 0 saturated heterocycles. The lowest BCUT2D eigenvalue weighted by atomic mass is 10.0. The minimum atomic E-state index is -0.324. The minimum Gasteiger partial charge on any atom is -0.392 e. The molecule has 1 rings (SSSR count). The van der Waals surface area contributed by atoms with Gasteiger partial charge < -0.3 is 5.11 Å². The maximum Gasteiger partial charge on any atom is 0.128 e. The van der Waals surface area contributed by atoms with Crippen LogP contribution in [0.4, 0.5) is 4.39 Å². The van der Waals surface area contributed by atoms with Crippen molar-refractivity contribution in [2.45, 2.75) is 20.5 Å². The van der Waals surface area contributed by atoms with Crippen LogP contribution in [0.15, 0.2) is 12.1 Å². The lowest BCUT2D eigenvalue weighted by Gasteiger charge is -2.06. The van der Waals surface area contributed by atoms with Gasteiger partial charge in [0, 0.05) is 5.56 Å². The first kappa shape index (κ1) is 8.21. The second-order valence-electron chi connectivity index (χ2n) is 2.63. The summed E-state index contributed by atoms with van der Waals surface area (Å²) in [6.45, 7) is 3.48. The average molecular weight is 154 g/mol. The van der Waals surface area contributed by atoms with Crippen molar-refractivity contribution < 1.29 is 9.50 Å². The van der Waals surface area contributed by atoms with E-state index in [0.717, 1.165) is 11.1 Å². The Bertz CT molecular complexity index is 269. The molecule has 0 radical (unpaired) electrons. The third-order valence-corrected chi connectivity index (χ3v) is 1.97. The van der Waals surface area contributed by atoms with Crippen LogP contribution in [0.1, 0.15) is 16.7 Å². The lowest BCUT2D eigenvalue weighted by molar-refractivity contribution is 0.274. The van der Waals surface area contributed by atoms with Crippen molar-refractivity contribution in [1.29, 1.82) is 0 Å². The van der Waals surface area contributed by atoms with E-state index >= 15 is 0 Å². The molecule has 0 bridgehead atoms. The third kappa shape index (κ3) is 1.40. The second-order valence-corrected chi connectivity index (χ2v) is 2.63. The molecule has 0 aliphatic rings. The summed E-state index contributed by atoms with van der Waals surface area (Å²) in [7, 11) is 0. The van der Waals surface area contributed by atoms with Gasteiger partial charge in [0.25, 0.3) is 0 Å². The number of benzene rings is 1. The van der Waals surface area contributed by atoms with E-state index in [1.54, 1.807) is 6.07 Å². The van der Waals surface area contributed by atoms with Gasteiger partial charge in [-0.1, -0.05) is 6.07 Å². The summed E-state index contributed by atoms with van der Waals surface area (Å²) in [5.74, 6) is -0.324. The SMILES string of the molecule is Cc1ccc(F)c(CO)c1C. The first-order valence-corrected chi connectivity index (χ1v) is 3.52. The van der Waals surface area contributed by atoms with E-state index in [-0.39, 0.29) is 12.4 Å². The van der Waals surface area contributed by atoms with Crippen LogP contribution in [-0.4, -0.2) is 5.11 Å². The molecule has 0 amide bonds. The van der Waals surface area contributed by atoms with Gasteiger partial charge in [-0.15, -0.1) is 0 Å². The molecule has 0 saturated carbocycles. The van der Waals surface area contributed by atoms with E-state index in [1.807, 2.05) is 13.8 Å². The van der Waals surface area contributed by atoms with Crippen LogP contribution in [0.25, 0.3) is 0 Å². The van der Waals surface area contributed by atoms with E-state index in [1.165, 1.54) is 6.07 Å². The normalized spacial score (nSPS) is 10.2. The molecule has 2 heteroatoms. The van der Waals surface area contributed by atoms with Gasteiger partial charge in [0.2, 0.25) is 0 Å². The first-order valence-electron chi connectivity index (χ1n) is 3.52. The van der Waals surface area contributed by atoms with Crippen LogP contribution in [0, 0.1) is 19.7 Å². The number of hydrogen-bond donors (Lipinski definition) is 1. The number of aryl methyl sites for hydroxylation is 1. The van der Waals surface area contributed by atoms with Crippen LogP contribution in [-0.2, 0) is 6.61 Å². The Kier molecular flexibility index (Phi) is 2.25. The van der Waals surface area contributed by atoms with Crippen LogP contribution in [0.2, 0.25) is 0 Å². The molecule has 11 heavy (non-hydrogen) atoms. The predicted octanol–water partition coefficient (Wildman–Crippen LogP) is 1.93. The zero-order chi connectivity index (χ0) is 8.43. The summed E-state index contributed by atoms with van der Waals surface area (Å²) in [6, 6.07) is 3.09. The largest absolute Gasteiger partial charge is 0.392 e. The second kappa shape index (κ2) is 3.01. The Hall–Kier alpha value is -0.890. The molecular weight excluding hydrogens is 143 g/mol. The van der Waals surface area contributed by atoms with E-state index in [2.05, 4.69) is 0 Å². The molecule has 0 aliphatic carbocycles. The van der Waals surface area contributed by atoms with Crippen molar-refractivity contribution in [3.63, 3.8) is 0 Å². The molecule has 0 fully saturated rings. The lowest BCUT2D eigenvalue weighted by Crippen LogP contribution is -1.95. The fourth-order valence-electron chi connectivity index (χ4n) is 1.03. The summed E-state index contributed by atoms with van der Waals surface area (Å²) in [4.78, 5) is 0. The van der Waals surface area contributed by atoms with Gasteiger partial charge in [0.15, 0.2) is 0 Å². The van der Waals surface area contributed by atoms with Gasteiger partial charge in [-0.05, 0) is 31.0 Å². The maximum atomic E-state index is 12.9. The van der Waals surface area contributed by atoms with Crippen LogP contribution < -0.4 is 0 Å². The van der Waals surface area contributed by atoms with Crippen LogP contribution in [0.5, 0.6) is 0 Å². The zero-order valence-corrected chi connectivity index (χ0v) is 6.69. The quantitative estimate of drug-likeness (QED) is 0.655. The van der Waals surface area contributed by atoms with Crippen molar-refractivity contribution in [3.05, 3.63) is 34.6 Å². The Balaban J connectivity index is 3.29. The molecule has 0 heterocycles. The number of aliphatic hydroxyl groups is 1. The summed E-state index contributed by atoms with van der Waals surface area (Å²) in [6.07, 6.45) is 0. The molecule has 0 spiro atoms. The summed E-state index contributed by atoms with van der Waals surface area (Å²) >= 11 is 0. The number of rotatable bonds is 1. The Morgan fingerprint density at radius 2 is 2.00 bits per heavy atom. The number of hydrogen-bond acceptors (Lipinski definition) is 1. The summed E-state index contributed by atoms with van der Waals surface area (Å²) in [5.41, 5.74) is 2.26. The average Bonchev–Trinajstić information content (AvgIpc) is 1.99.